The number of aromatic nitrogens is 1. The first-order valence-electron chi connectivity index (χ1n) is 6.67. The molecule has 1 aliphatic carbocycles. The summed E-state index contributed by atoms with van der Waals surface area (Å²) in [6, 6.07) is 5.64. The molecule has 0 aliphatic heterocycles. The molecule has 106 valence electrons. The Balaban J connectivity index is 2.49. The lowest BCUT2D eigenvalue weighted by Crippen LogP contribution is -2.39. The monoisotopic (exact) mass is 274 g/mol. The predicted molar refractivity (Wildman–Crippen MR) is 72.7 cm³/mol. The molecule has 1 fully saturated rings. The Morgan fingerprint density at radius 2 is 2.15 bits per heavy atom. The van der Waals surface area contributed by atoms with Crippen molar-refractivity contribution in [1.29, 1.82) is 5.26 Å². The van der Waals surface area contributed by atoms with Gasteiger partial charge in [-0.05, 0) is 25.0 Å². The largest absolute Gasteiger partial charge is 0.491 e. The molecule has 0 bridgehead atoms. The van der Waals surface area contributed by atoms with Crippen LogP contribution < -0.4 is 9.47 Å². The smallest absolute Gasteiger partial charge is 0.256 e. The maximum absolute atomic E-state index is 12.4. The number of hydrogen-bond donors (Lipinski definition) is 0. The van der Waals surface area contributed by atoms with Crippen molar-refractivity contribution < 1.29 is 14.3 Å². The third kappa shape index (κ3) is 2.34. The number of methoxy groups -OCH3 is 2. The number of hydrogen-bond acceptors (Lipinski definition) is 5. The number of pyridine rings is 1. The fourth-order valence-electron chi connectivity index (χ4n) is 2.77. The zero-order valence-electron chi connectivity index (χ0n) is 11.8. The highest BCUT2D eigenvalue weighted by Crippen LogP contribution is 2.40. The molecule has 1 aliphatic rings. The molecule has 1 aromatic heterocycles. The lowest BCUT2D eigenvalue weighted by molar-refractivity contribution is -0.126. The van der Waals surface area contributed by atoms with Crippen LogP contribution in [-0.2, 0) is 10.2 Å². The number of carbonyl (C=O) groups excluding carboxylic acids is 1. The van der Waals surface area contributed by atoms with Crippen LogP contribution >= 0.6 is 0 Å². The summed E-state index contributed by atoms with van der Waals surface area (Å²) >= 11 is 0. The molecule has 1 atom stereocenters. The summed E-state index contributed by atoms with van der Waals surface area (Å²) in [6.07, 6.45) is 3.16. The molecule has 5 nitrogen and oxygen atoms in total. The minimum absolute atomic E-state index is 0.102. The summed E-state index contributed by atoms with van der Waals surface area (Å²) in [5.74, 6) is 0.970. The number of Topliss-reactive ketones (excluding diaryl/α,β-unsaturated/α-hetero) is 1. The van der Waals surface area contributed by atoms with Gasteiger partial charge in [0, 0.05) is 6.42 Å². The molecule has 20 heavy (non-hydrogen) atoms. The highest BCUT2D eigenvalue weighted by atomic mass is 16.5. The lowest BCUT2D eigenvalue weighted by Gasteiger charge is -2.33. The van der Waals surface area contributed by atoms with Gasteiger partial charge in [0.15, 0.2) is 5.75 Å². The molecule has 0 radical (unpaired) electrons. The van der Waals surface area contributed by atoms with Gasteiger partial charge < -0.3 is 9.47 Å². The van der Waals surface area contributed by atoms with Gasteiger partial charge in [-0.25, -0.2) is 4.98 Å². The highest BCUT2D eigenvalue weighted by Gasteiger charge is 2.43. The van der Waals surface area contributed by atoms with Crippen molar-refractivity contribution in [2.24, 2.45) is 0 Å². The summed E-state index contributed by atoms with van der Waals surface area (Å²) in [7, 11) is 3.05. The second kappa shape index (κ2) is 5.91. The molecule has 0 aromatic carbocycles. The third-order valence-corrected chi connectivity index (χ3v) is 3.90. The van der Waals surface area contributed by atoms with E-state index >= 15 is 0 Å². The van der Waals surface area contributed by atoms with Gasteiger partial charge in [-0.3, -0.25) is 4.79 Å². The van der Waals surface area contributed by atoms with Crippen LogP contribution in [0.3, 0.4) is 0 Å². The van der Waals surface area contributed by atoms with Crippen LogP contribution in [0.25, 0.3) is 0 Å². The van der Waals surface area contributed by atoms with Gasteiger partial charge >= 0.3 is 0 Å². The fraction of sp³-hybridized carbons (Fsp3) is 0.533. The van der Waals surface area contributed by atoms with Crippen LogP contribution in [0.2, 0.25) is 0 Å². The Morgan fingerprint density at radius 3 is 2.75 bits per heavy atom. The molecular formula is C15H18N2O3. The number of carbonyl (C=O) groups is 1. The minimum Gasteiger partial charge on any atom is -0.491 e. The Kier molecular flexibility index (Phi) is 4.23. The van der Waals surface area contributed by atoms with Crippen LogP contribution in [-0.4, -0.2) is 25.0 Å². The number of nitrogens with zero attached hydrogens (tertiary/aromatic N) is 2. The van der Waals surface area contributed by atoms with Gasteiger partial charge in [0.25, 0.3) is 5.88 Å². The molecule has 5 heteroatoms. The number of rotatable bonds is 4. The SMILES string of the molecule is COc1ccc(C2(CC#N)CCCCC2=O)nc1OC. The molecule has 0 N–H and O–H groups in total. The van der Waals surface area contributed by atoms with E-state index in [0.29, 0.717) is 30.2 Å². The first-order chi connectivity index (χ1) is 9.67. The van der Waals surface area contributed by atoms with Crippen LogP contribution in [0.5, 0.6) is 11.6 Å². The Hall–Kier alpha value is -2.09. The number of ketones is 1. The van der Waals surface area contributed by atoms with Crippen molar-refractivity contribution in [2.75, 3.05) is 14.2 Å². The first kappa shape index (κ1) is 14.3. The summed E-state index contributed by atoms with van der Waals surface area (Å²) in [5, 5.41) is 9.10. The summed E-state index contributed by atoms with van der Waals surface area (Å²) < 4.78 is 10.4. The summed E-state index contributed by atoms with van der Waals surface area (Å²) in [6.45, 7) is 0. The van der Waals surface area contributed by atoms with Crippen molar-refractivity contribution in [2.45, 2.75) is 37.5 Å². The van der Waals surface area contributed by atoms with E-state index in [2.05, 4.69) is 11.1 Å². The number of ether oxygens (including phenoxy) is 2. The van der Waals surface area contributed by atoms with Crippen molar-refractivity contribution in [3.8, 4) is 17.7 Å². The van der Waals surface area contributed by atoms with Gasteiger partial charge in [-0.2, -0.15) is 5.26 Å². The second-order valence-corrected chi connectivity index (χ2v) is 4.96. The van der Waals surface area contributed by atoms with Gasteiger partial charge in [0.05, 0.1) is 37.8 Å². The fourth-order valence-corrected chi connectivity index (χ4v) is 2.77. The van der Waals surface area contributed by atoms with Gasteiger partial charge in [0.1, 0.15) is 5.78 Å². The van der Waals surface area contributed by atoms with E-state index in [9.17, 15) is 4.79 Å². The average Bonchev–Trinajstić information content (AvgIpc) is 2.49. The van der Waals surface area contributed by atoms with E-state index in [1.165, 1.54) is 14.2 Å². The quantitative estimate of drug-likeness (QED) is 0.843. The van der Waals surface area contributed by atoms with Gasteiger partial charge in [0.2, 0.25) is 0 Å². The topological polar surface area (TPSA) is 72.2 Å². The first-order valence-corrected chi connectivity index (χ1v) is 6.67. The lowest BCUT2D eigenvalue weighted by atomic mass is 9.68. The van der Waals surface area contributed by atoms with Crippen LogP contribution in [0.4, 0.5) is 0 Å². The van der Waals surface area contributed by atoms with E-state index in [-0.39, 0.29) is 12.2 Å². The van der Waals surface area contributed by atoms with Crippen LogP contribution in [0.15, 0.2) is 12.1 Å². The van der Waals surface area contributed by atoms with E-state index in [0.717, 1.165) is 12.8 Å². The third-order valence-electron chi connectivity index (χ3n) is 3.90. The Bertz CT molecular complexity index is 551. The summed E-state index contributed by atoms with van der Waals surface area (Å²) in [5.41, 5.74) is -0.173. The molecule has 0 saturated heterocycles. The molecule has 2 rings (SSSR count). The zero-order chi connectivity index (χ0) is 14.6. The molecule has 1 aromatic rings. The number of nitriles is 1. The van der Waals surface area contributed by atoms with Crippen LogP contribution in [0.1, 0.15) is 37.8 Å². The molecule has 1 heterocycles. The van der Waals surface area contributed by atoms with Crippen molar-refractivity contribution >= 4 is 5.78 Å². The second-order valence-electron chi connectivity index (χ2n) is 4.96. The molecule has 1 unspecified atom stereocenters. The normalized spacial score (nSPS) is 22.1. The van der Waals surface area contributed by atoms with E-state index in [1.807, 2.05) is 0 Å². The highest BCUT2D eigenvalue weighted by molar-refractivity contribution is 5.90. The van der Waals surface area contributed by atoms with E-state index < -0.39 is 5.41 Å². The molecule has 1 saturated carbocycles. The maximum Gasteiger partial charge on any atom is 0.256 e. The van der Waals surface area contributed by atoms with E-state index in [1.54, 1.807) is 12.1 Å². The average molecular weight is 274 g/mol. The van der Waals surface area contributed by atoms with Gasteiger partial charge in [-0.1, -0.05) is 6.42 Å². The Morgan fingerprint density at radius 1 is 1.35 bits per heavy atom. The summed E-state index contributed by atoms with van der Waals surface area (Å²) in [4.78, 5) is 16.8. The minimum atomic E-state index is -0.785. The van der Waals surface area contributed by atoms with Crippen molar-refractivity contribution in [1.82, 2.24) is 4.98 Å². The maximum atomic E-state index is 12.4. The standard InChI is InChI=1S/C15H18N2O3/c1-19-11-6-7-12(17-14(11)20-2)15(9-10-16)8-4-3-5-13(15)18/h6-7H,3-5,8-9H2,1-2H3. The van der Waals surface area contributed by atoms with E-state index in [4.69, 9.17) is 14.7 Å². The zero-order valence-corrected chi connectivity index (χ0v) is 11.8. The molecule has 0 spiro atoms. The Labute approximate surface area is 118 Å². The van der Waals surface area contributed by atoms with Gasteiger partial charge in [-0.15, -0.1) is 0 Å². The van der Waals surface area contributed by atoms with Crippen LogP contribution in [0, 0.1) is 11.3 Å². The molecular weight excluding hydrogens is 256 g/mol. The van der Waals surface area contributed by atoms with Crippen molar-refractivity contribution in [3.63, 3.8) is 0 Å². The predicted octanol–water partition coefficient (Wildman–Crippen LogP) is 2.39. The molecule has 0 amide bonds. The van der Waals surface area contributed by atoms with Crippen molar-refractivity contribution in [3.05, 3.63) is 17.8 Å².